The van der Waals surface area contributed by atoms with E-state index in [0.717, 1.165) is 11.1 Å². The Kier molecular flexibility index (Phi) is 28.0. The molecule has 0 bridgehead atoms. The molecule has 5 atom stereocenters. The van der Waals surface area contributed by atoms with Gasteiger partial charge in [-0.3, -0.25) is 33.6 Å². The van der Waals surface area contributed by atoms with Crippen LogP contribution in [0.5, 0.6) is 5.75 Å². The summed E-state index contributed by atoms with van der Waals surface area (Å²) in [5, 5.41) is 66.3. The first-order valence-electron chi connectivity index (χ1n) is 14.3. The first kappa shape index (κ1) is 50.1. The number of thiol groups is 1. The van der Waals surface area contributed by atoms with Gasteiger partial charge in [0.05, 0.1) is 6.42 Å². The second-order valence-electron chi connectivity index (χ2n) is 10.00. The van der Waals surface area contributed by atoms with Gasteiger partial charge in [0, 0.05) is 12.2 Å². The quantitative estimate of drug-likeness (QED) is 0.0917. The fraction of sp³-hybridized carbons (Fsp3) is 0.367. The monoisotopic (exact) mass is 747 g/mol. The Morgan fingerprint density at radius 2 is 0.882 bits per heavy atom. The molecule has 18 N–H and O–H groups in total. The van der Waals surface area contributed by atoms with Gasteiger partial charge in [-0.1, -0.05) is 42.5 Å². The highest BCUT2D eigenvalue weighted by Gasteiger charge is 2.15. The van der Waals surface area contributed by atoms with Crippen molar-refractivity contribution in [1.29, 1.82) is 0 Å². The van der Waals surface area contributed by atoms with Crippen LogP contribution in [0.3, 0.4) is 0 Å². The topological polar surface area (TPSA) is 411 Å². The van der Waals surface area contributed by atoms with E-state index < -0.39 is 78.4 Å². The van der Waals surface area contributed by atoms with E-state index in [1.165, 1.54) is 12.1 Å². The van der Waals surface area contributed by atoms with Crippen LogP contribution in [-0.2, 0) is 46.4 Å². The summed E-state index contributed by atoms with van der Waals surface area (Å²) in [6.45, 7) is 0. The van der Waals surface area contributed by atoms with Crippen LogP contribution in [0.1, 0.15) is 30.4 Å². The maximum Gasteiger partial charge on any atom is 0.321 e. The van der Waals surface area contributed by atoms with E-state index in [4.69, 9.17) is 69.5 Å². The summed E-state index contributed by atoms with van der Waals surface area (Å²) in [6, 6.07) is 10.8. The number of carboxylic acid groups (broad SMARTS) is 7. The van der Waals surface area contributed by atoms with Crippen LogP contribution in [0, 0.1) is 0 Å². The zero-order valence-corrected chi connectivity index (χ0v) is 28.0. The van der Waals surface area contributed by atoms with Gasteiger partial charge in [-0.15, -0.1) is 0 Å². The molecule has 2 rings (SSSR count). The van der Waals surface area contributed by atoms with E-state index >= 15 is 0 Å². The molecule has 0 saturated heterocycles. The lowest BCUT2D eigenvalue weighted by atomic mass is 10.1. The van der Waals surface area contributed by atoms with Crippen LogP contribution in [0.15, 0.2) is 54.6 Å². The van der Waals surface area contributed by atoms with Gasteiger partial charge in [0.15, 0.2) is 0 Å². The first-order chi connectivity index (χ1) is 23.5. The lowest BCUT2D eigenvalue weighted by Gasteiger charge is -2.05. The molecule has 51 heavy (non-hydrogen) atoms. The third-order valence-corrected chi connectivity index (χ3v) is 5.93. The number of hydrogen-bond acceptors (Lipinski definition) is 14. The SMILES string of the molecule is NC(CC(=O)O)C(=O)O.NC(CCC(=O)O)C(=O)O.NC(CS)C(=O)O.NC(Cc1ccc(O)cc1)C(=O)O.NC(Cc1ccccc1)C(=O)O. The molecule has 21 heteroatoms. The van der Waals surface area contributed by atoms with Gasteiger partial charge in [0.25, 0.3) is 0 Å². The number of carboxylic acids is 7. The Hall–Kier alpha value is -5.32. The minimum Gasteiger partial charge on any atom is -0.508 e. The van der Waals surface area contributed by atoms with Gasteiger partial charge in [-0.05, 0) is 42.5 Å². The second kappa shape index (κ2) is 28.5. The minimum absolute atomic E-state index is 0.0231. The van der Waals surface area contributed by atoms with Gasteiger partial charge < -0.3 is 69.5 Å². The molecule has 0 fully saturated rings. The van der Waals surface area contributed by atoms with Gasteiger partial charge >= 0.3 is 41.8 Å². The lowest BCUT2D eigenvalue weighted by Crippen LogP contribution is -2.32. The van der Waals surface area contributed by atoms with E-state index in [0.29, 0.717) is 6.42 Å². The number of aliphatic carboxylic acids is 7. The minimum atomic E-state index is -1.29. The summed E-state index contributed by atoms with van der Waals surface area (Å²) in [5.41, 5.74) is 27.2. The largest absolute Gasteiger partial charge is 0.508 e. The highest BCUT2D eigenvalue weighted by molar-refractivity contribution is 7.80. The van der Waals surface area contributed by atoms with Crippen molar-refractivity contribution in [2.24, 2.45) is 28.7 Å². The summed E-state index contributed by atoms with van der Waals surface area (Å²) < 4.78 is 0. The smallest absolute Gasteiger partial charge is 0.321 e. The van der Waals surface area contributed by atoms with Crippen molar-refractivity contribution in [3.05, 3.63) is 65.7 Å². The summed E-state index contributed by atoms with van der Waals surface area (Å²) in [4.78, 5) is 70.0. The Bertz CT molecular complexity index is 1370. The van der Waals surface area contributed by atoms with Crippen molar-refractivity contribution in [3.63, 3.8) is 0 Å². The van der Waals surface area contributed by atoms with Crippen LogP contribution in [0.25, 0.3) is 0 Å². The highest BCUT2D eigenvalue weighted by Crippen LogP contribution is 2.10. The van der Waals surface area contributed by atoms with Crippen molar-refractivity contribution >= 4 is 54.4 Å². The van der Waals surface area contributed by atoms with Crippen molar-refractivity contribution in [3.8, 4) is 5.75 Å². The molecule has 0 aromatic heterocycles. The number of benzene rings is 2. The zero-order valence-electron chi connectivity index (χ0n) is 27.1. The third-order valence-electron chi connectivity index (χ3n) is 5.54. The average molecular weight is 748 g/mol. The number of nitrogens with two attached hydrogens (primary N) is 5. The van der Waals surface area contributed by atoms with Crippen LogP contribution >= 0.6 is 12.6 Å². The molecule has 0 aliphatic carbocycles. The number of aromatic hydroxyl groups is 1. The van der Waals surface area contributed by atoms with E-state index in [2.05, 4.69) is 12.6 Å². The fourth-order valence-corrected chi connectivity index (χ4v) is 2.84. The van der Waals surface area contributed by atoms with Crippen molar-refractivity contribution < 1.29 is 74.4 Å². The zero-order chi connectivity index (χ0) is 40.3. The van der Waals surface area contributed by atoms with Gasteiger partial charge in [0.2, 0.25) is 0 Å². The normalized spacial score (nSPS) is 12.6. The van der Waals surface area contributed by atoms with Crippen molar-refractivity contribution in [1.82, 2.24) is 0 Å². The average Bonchev–Trinajstić information content (AvgIpc) is 3.05. The van der Waals surface area contributed by atoms with Crippen molar-refractivity contribution in [2.75, 3.05) is 5.75 Å². The Balaban J connectivity index is -0.000000574. The number of rotatable bonds is 15. The van der Waals surface area contributed by atoms with Gasteiger partial charge in [0.1, 0.15) is 36.0 Å². The molecule has 0 spiro atoms. The van der Waals surface area contributed by atoms with Crippen LogP contribution in [0.2, 0.25) is 0 Å². The molecule has 2 aromatic rings. The molecule has 2 aromatic carbocycles. The predicted molar refractivity (Wildman–Crippen MR) is 183 cm³/mol. The number of carbonyl (C=O) groups is 7. The van der Waals surface area contributed by atoms with E-state index in [1.54, 1.807) is 12.1 Å². The van der Waals surface area contributed by atoms with Gasteiger partial charge in [-0.2, -0.15) is 12.6 Å². The Labute approximate surface area is 296 Å². The Morgan fingerprint density at radius 1 is 0.510 bits per heavy atom. The molecule has 0 radical (unpaired) electrons. The number of phenols is 1. The van der Waals surface area contributed by atoms with Crippen LogP contribution in [0.4, 0.5) is 0 Å². The molecular weight excluding hydrogens is 702 g/mol. The summed E-state index contributed by atoms with van der Waals surface area (Å²) in [7, 11) is 0. The molecule has 20 nitrogen and oxygen atoms in total. The van der Waals surface area contributed by atoms with E-state index in [9.17, 15) is 33.6 Å². The van der Waals surface area contributed by atoms with E-state index in [-0.39, 0.29) is 30.8 Å². The molecule has 0 saturated carbocycles. The van der Waals surface area contributed by atoms with Gasteiger partial charge in [-0.25, -0.2) is 0 Å². The predicted octanol–water partition coefficient (Wildman–Crippen LogP) is -1.55. The summed E-state index contributed by atoms with van der Waals surface area (Å²) in [6.07, 6.45) is -0.0980. The summed E-state index contributed by atoms with van der Waals surface area (Å²) >= 11 is 3.65. The second-order valence-corrected chi connectivity index (χ2v) is 10.4. The fourth-order valence-electron chi connectivity index (χ4n) is 2.68. The molecule has 5 unspecified atom stereocenters. The molecule has 286 valence electrons. The molecule has 0 aliphatic rings. The first-order valence-corrected chi connectivity index (χ1v) is 15.0. The third kappa shape index (κ3) is 30.5. The molecule has 0 heterocycles. The number of hydrogen-bond donors (Lipinski definition) is 14. The van der Waals surface area contributed by atoms with Crippen LogP contribution < -0.4 is 28.7 Å². The highest BCUT2D eigenvalue weighted by atomic mass is 32.1. The standard InChI is InChI=1S/C9H11NO3.C9H11NO2.C5H9NO4.C4H7NO4.C3H7NO2S/c10-8(9(12)13)5-6-1-3-7(11)4-2-6;10-8(9(11)12)6-7-4-2-1-3-5-7;6-3(5(9)10)1-2-4(7)8;5-2(4(8)9)1-3(6)7;4-2(1-7)3(5)6/h1-4,8,11H,5,10H2,(H,12,13);1-5,8H,6,10H2,(H,11,12);3H,1-2,6H2,(H,7,8)(H,9,10);2H,1,5H2,(H,6,7)(H,8,9);2,7H,1,4H2,(H,5,6). The lowest BCUT2D eigenvalue weighted by molar-refractivity contribution is -0.144. The molecule has 0 aliphatic heterocycles. The molecule has 0 amide bonds. The maximum absolute atomic E-state index is 10.4. The maximum atomic E-state index is 10.4. The van der Waals surface area contributed by atoms with Crippen molar-refractivity contribution in [2.45, 2.75) is 62.3 Å². The van der Waals surface area contributed by atoms with Crippen LogP contribution in [-0.4, -0.2) is 119 Å². The Morgan fingerprint density at radius 3 is 1.16 bits per heavy atom. The van der Waals surface area contributed by atoms with E-state index in [1.807, 2.05) is 30.3 Å². The molecular formula is C30H45N5O15S. The summed E-state index contributed by atoms with van der Waals surface area (Å²) in [5.74, 6) is -7.33. The number of phenolic OH excluding ortho intramolecular Hbond substituents is 1.